The smallest absolute Gasteiger partial charge is 0.253 e. The lowest BCUT2D eigenvalue weighted by Crippen LogP contribution is -2.25. The van der Waals surface area contributed by atoms with Crippen LogP contribution in [0, 0.1) is 10.5 Å². The summed E-state index contributed by atoms with van der Waals surface area (Å²) < 4.78 is 1.13. The van der Waals surface area contributed by atoms with Gasteiger partial charge in [-0.1, -0.05) is 0 Å². The van der Waals surface area contributed by atoms with Gasteiger partial charge in [0.25, 0.3) is 5.91 Å². The molecular formula is C13H13IN2OS. The van der Waals surface area contributed by atoms with Gasteiger partial charge in [0, 0.05) is 27.3 Å². The predicted molar refractivity (Wildman–Crippen MR) is 81.8 cm³/mol. The Balaban J connectivity index is 2.07. The third kappa shape index (κ3) is 3.29. The molecule has 1 aromatic carbocycles. The summed E-state index contributed by atoms with van der Waals surface area (Å²) in [7, 11) is 1.81. The molecule has 2 rings (SSSR count). The van der Waals surface area contributed by atoms with E-state index in [4.69, 9.17) is 0 Å². The standard InChI is InChI=1S/C13H13IN2OS/c1-9-15-7-12(18-9)8-16(2)13(17)10-3-5-11(14)6-4-10/h3-7H,8H2,1-2H3. The molecule has 0 radical (unpaired) electrons. The number of rotatable bonds is 3. The molecule has 5 heteroatoms. The van der Waals surface area contributed by atoms with E-state index in [1.54, 1.807) is 16.2 Å². The van der Waals surface area contributed by atoms with E-state index in [0.717, 1.165) is 19.0 Å². The molecule has 3 nitrogen and oxygen atoms in total. The molecule has 0 aliphatic carbocycles. The Morgan fingerprint density at radius 3 is 2.61 bits per heavy atom. The fourth-order valence-corrected chi connectivity index (χ4v) is 2.80. The van der Waals surface area contributed by atoms with Gasteiger partial charge < -0.3 is 4.90 Å². The first kappa shape index (κ1) is 13.5. The lowest BCUT2D eigenvalue weighted by atomic mass is 10.2. The van der Waals surface area contributed by atoms with Crippen molar-refractivity contribution in [2.24, 2.45) is 0 Å². The lowest BCUT2D eigenvalue weighted by molar-refractivity contribution is 0.0786. The fourth-order valence-electron chi connectivity index (χ4n) is 1.60. The SMILES string of the molecule is Cc1ncc(CN(C)C(=O)c2ccc(I)cc2)s1. The highest BCUT2D eigenvalue weighted by atomic mass is 127. The van der Waals surface area contributed by atoms with Crippen molar-refractivity contribution in [3.05, 3.63) is 49.5 Å². The van der Waals surface area contributed by atoms with E-state index in [-0.39, 0.29) is 5.91 Å². The first-order chi connectivity index (χ1) is 8.56. The first-order valence-corrected chi connectivity index (χ1v) is 7.38. The van der Waals surface area contributed by atoms with Crippen LogP contribution < -0.4 is 0 Å². The molecule has 1 heterocycles. The van der Waals surface area contributed by atoms with Gasteiger partial charge in [0.2, 0.25) is 0 Å². The maximum Gasteiger partial charge on any atom is 0.253 e. The zero-order chi connectivity index (χ0) is 13.1. The lowest BCUT2D eigenvalue weighted by Gasteiger charge is -2.16. The van der Waals surface area contributed by atoms with Crippen molar-refractivity contribution in [1.82, 2.24) is 9.88 Å². The van der Waals surface area contributed by atoms with Gasteiger partial charge in [-0.25, -0.2) is 4.98 Å². The Hall–Kier alpha value is -0.950. The van der Waals surface area contributed by atoms with Crippen LogP contribution in [0.5, 0.6) is 0 Å². The van der Waals surface area contributed by atoms with Gasteiger partial charge in [-0.2, -0.15) is 0 Å². The zero-order valence-electron chi connectivity index (χ0n) is 10.2. The summed E-state index contributed by atoms with van der Waals surface area (Å²) in [4.78, 5) is 19.2. The van der Waals surface area contributed by atoms with E-state index in [1.807, 2.05) is 44.4 Å². The topological polar surface area (TPSA) is 33.2 Å². The molecule has 0 spiro atoms. The number of aromatic nitrogens is 1. The summed E-state index contributed by atoms with van der Waals surface area (Å²) in [5.74, 6) is 0.0393. The minimum absolute atomic E-state index is 0.0393. The van der Waals surface area contributed by atoms with E-state index in [0.29, 0.717) is 6.54 Å². The molecule has 0 bridgehead atoms. The highest BCUT2D eigenvalue weighted by Gasteiger charge is 2.12. The summed E-state index contributed by atoms with van der Waals surface area (Å²) in [6, 6.07) is 7.61. The van der Waals surface area contributed by atoms with Crippen molar-refractivity contribution in [3.8, 4) is 0 Å². The number of hydrogen-bond acceptors (Lipinski definition) is 3. The number of halogens is 1. The second-order valence-corrected chi connectivity index (χ2v) is 6.58. The Labute approximate surface area is 124 Å². The van der Waals surface area contributed by atoms with Crippen molar-refractivity contribution in [1.29, 1.82) is 0 Å². The van der Waals surface area contributed by atoms with Crippen LogP contribution in [0.2, 0.25) is 0 Å². The average molecular weight is 372 g/mol. The number of aryl methyl sites for hydroxylation is 1. The van der Waals surface area contributed by atoms with Crippen LogP contribution in [0.1, 0.15) is 20.2 Å². The number of hydrogen-bond donors (Lipinski definition) is 0. The second kappa shape index (κ2) is 5.79. The average Bonchev–Trinajstić information content (AvgIpc) is 2.75. The van der Waals surface area contributed by atoms with Crippen molar-refractivity contribution < 1.29 is 4.79 Å². The van der Waals surface area contributed by atoms with Gasteiger partial charge in [0.1, 0.15) is 0 Å². The summed E-state index contributed by atoms with van der Waals surface area (Å²) in [5, 5.41) is 1.03. The van der Waals surface area contributed by atoms with Crippen LogP contribution in [0.3, 0.4) is 0 Å². The van der Waals surface area contributed by atoms with Gasteiger partial charge >= 0.3 is 0 Å². The summed E-state index contributed by atoms with van der Waals surface area (Å²) in [6.45, 7) is 2.57. The third-order valence-electron chi connectivity index (χ3n) is 2.50. The highest BCUT2D eigenvalue weighted by molar-refractivity contribution is 14.1. The van der Waals surface area contributed by atoms with Crippen molar-refractivity contribution >= 4 is 39.8 Å². The molecule has 0 aliphatic heterocycles. The Morgan fingerprint density at radius 1 is 1.39 bits per heavy atom. The van der Waals surface area contributed by atoms with Gasteiger partial charge in [-0.15, -0.1) is 11.3 Å². The zero-order valence-corrected chi connectivity index (χ0v) is 13.2. The second-order valence-electron chi connectivity index (χ2n) is 4.01. The molecule has 18 heavy (non-hydrogen) atoms. The Kier molecular flexibility index (Phi) is 4.34. The predicted octanol–water partition coefficient (Wildman–Crippen LogP) is 3.33. The van der Waals surface area contributed by atoms with E-state index < -0.39 is 0 Å². The normalized spacial score (nSPS) is 10.4. The van der Waals surface area contributed by atoms with Crippen LogP contribution in [-0.2, 0) is 6.54 Å². The minimum Gasteiger partial charge on any atom is -0.337 e. The van der Waals surface area contributed by atoms with E-state index in [9.17, 15) is 4.79 Å². The summed E-state index contributed by atoms with van der Waals surface area (Å²) in [6.07, 6.45) is 1.83. The monoisotopic (exact) mass is 372 g/mol. The molecule has 0 fully saturated rings. The Morgan fingerprint density at radius 2 is 2.06 bits per heavy atom. The molecule has 0 unspecified atom stereocenters. The van der Waals surface area contributed by atoms with Crippen molar-refractivity contribution in [2.75, 3.05) is 7.05 Å². The molecule has 0 aliphatic rings. The summed E-state index contributed by atoms with van der Waals surface area (Å²) >= 11 is 3.85. The number of amides is 1. The van der Waals surface area contributed by atoms with Crippen molar-refractivity contribution in [2.45, 2.75) is 13.5 Å². The fraction of sp³-hybridized carbons (Fsp3) is 0.231. The van der Waals surface area contributed by atoms with Crippen LogP contribution in [0.4, 0.5) is 0 Å². The molecule has 1 aromatic heterocycles. The van der Waals surface area contributed by atoms with Crippen LogP contribution in [-0.4, -0.2) is 22.8 Å². The number of carbonyl (C=O) groups is 1. The molecule has 0 N–H and O–H groups in total. The molecule has 2 aromatic rings. The maximum atomic E-state index is 12.2. The quantitative estimate of drug-likeness (QED) is 0.775. The first-order valence-electron chi connectivity index (χ1n) is 5.48. The number of thiazole rings is 1. The van der Waals surface area contributed by atoms with E-state index >= 15 is 0 Å². The highest BCUT2D eigenvalue weighted by Crippen LogP contribution is 2.15. The number of nitrogens with zero attached hydrogens (tertiary/aromatic N) is 2. The minimum atomic E-state index is 0.0393. The van der Waals surface area contributed by atoms with Crippen LogP contribution in [0.15, 0.2) is 30.5 Å². The Bertz CT molecular complexity index is 550. The van der Waals surface area contributed by atoms with Gasteiger partial charge in [0.15, 0.2) is 0 Å². The van der Waals surface area contributed by atoms with Crippen molar-refractivity contribution in [3.63, 3.8) is 0 Å². The molecule has 0 atom stereocenters. The summed E-state index contributed by atoms with van der Waals surface area (Å²) in [5.41, 5.74) is 0.721. The third-order valence-corrected chi connectivity index (χ3v) is 4.12. The van der Waals surface area contributed by atoms with Crippen LogP contribution >= 0.6 is 33.9 Å². The number of benzene rings is 1. The maximum absolute atomic E-state index is 12.2. The number of carbonyl (C=O) groups excluding carboxylic acids is 1. The van der Waals surface area contributed by atoms with Crippen LogP contribution in [0.25, 0.3) is 0 Å². The van der Waals surface area contributed by atoms with Gasteiger partial charge in [0.05, 0.1) is 11.6 Å². The van der Waals surface area contributed by atoms with E-state index in [1.165, 1.54) is 0 Å². The van der Waals surface area contributed by atoms with E-state index in [2.05, 4.69) is 27.6 Å². The molecule has 1 amide bonds. The van der Waals surface area contributed by atoms with Gasteiger partial charge in [-0.3, -0.25) is 4.79 Å². The molecule has 0 saturated carbocycles. The molecular weight excluding hydrogens is 359 g/mol. The largest absolute Gasteiger partial charge is 0.337 e. The molecule has 0 saturated heterocycles. The molecule has 94 valence electrons. The van der Waals surface area contributed by atoms with Gasteiger partial charge in [-0.05, 0) is 53.8 Å².